The van der Waals surface area contributed by atoms with Crippen LogP contribution in [0.3, 0.4) is 0 Å². The van der Waals surface area contributed by atoms with Crippen molar-refractivity contribution in [2.24, 2.45) is 0 Å². The molecule has 0 spiro atoms. The van der Waals surface area contributed by atoms with Crippen LogP contribution in [0.1, 0.15) is 19.4 Å². The van der Waals surface area contributed by atoms with Crippen molar-refractivity contribution in [2.75, 3.05) is 18.9 Å². The van der Waals surface area contributed by atoms with Crippen molar-refractivity contribution in [1.29, 1.82) is 0 Å². The Morgan fingerprint density at radius 2 is 2.12 bits per heavy atom. The minimum atomic E-state index is -4.27. The third-order valence-corrected chi connectivity index (χ3v) is 4.64. The first kappa shape index (κ1) is 17.2. The summed E-state index contributed by atoms with van der Waals surface area (Å²) in [5.74, 6) is 0.180. The van der Waals surface area contributed by atoms with Gasteiger partial charge in [-0.2, -0.15) is 0 Å². The number of quaternary nitrogens is 1. The van der Waals surface area contributed by atoms with E-state index < -0.39 is 15.9 Å². The number of fused-ring (bicyclic) bond motifs is 2. The van der Waals surface area contributed by atoms with E-state index in [0.29, 0.717) is 17.9 Å². The number of nitrogens with one attached hydrogen (secondary N) is 1. The van der Waals surface area contributed by atoms with Crippen molar-refractivity contribution in [3.05, 3.63) is 24.0 Å². The topological polar surface area (TPSA) is 102 Å². The average Bonchev–Trinajstić information content (AvgIpc) is 3.02. The first-order chi connectivity index (χ1) is 11.4. The van der Waals surface area contributed by atoms with Gasteiger partial charge in [0.1, 0.15) is 22.3 Å². The van der Waals surface area contributed by atoms with Crippen molar-refractivity contribution < 1.29 is 36.8 Å². The molecule has 1 aromatic carbocycles. The maximum Gasteiger partial charge on any atom is 0.234 e. The zero-order valence-electron chi connectivity index (χ0n) is 13.4. The first-order valence-electron chi connectivity index (χ1n) is 7.64. The van der Waals surface area contributed by atoms with Gasteiger partial charge in [0.05, 0.1) is 25.2 Å². The Labute approximate surface area is 139 Å². The molecule has 132 valence electrons. The standard InChI is InChI=1S/C15H19NO7S/c1-3-21-22-9-11-8-20-14-7-15-13(6-12(11)14)16(10(2)23-15)4-5-24(17,18)19/h6-8,10H,3-5,9H2,1-2H3,(H,17,18,19). The molecular formula is C15H19NO7S. The summed E-state index contributed by atoms with van der Waals surface area (Å²) in [6.45, 7) is 4.48. The minimum absolute atomic E-state index is 0.147. The molecule has 2 atom stereocenters. The molecule has 0 bridgehead atoms. The van der Waals surface area contributed by atoms with Crippen LogP contribution in [0.15, 0.2) is 22.8 Å². The summed E-state index contributed by atoms with van der Waals surface area (Å²) in [6, 6.07) is 3.65. The number of rotatable bonds is 7. The highest BCUT2D eigenvalue weighted by atomic mass is 32.2. The van der Waals surface area contributed by atoms with E-state index in [1.807, 2.05) is 19.9 Å². The molecule has 1 aromatic heterocycles. The molecule has 0 aliphatic carbocycles. The molecule has 24 heavy (non-hydrogen) atoms. The van der Waals surface area contributed by atoms with Crippen LogP contribution in [0.25, 0.3) is 11.0 Å². The summed E-state index contributed by atoms with van der Waals surface area (Å²) >= 11 is 0. The maximum absolute atomic E-state index is 10.9. The van der Waals surface area contributed by atoms with Gasteiger partial charge >= 0.3 is 0 Å². The fourth-order valence-corrected chi connectivity index (χ4v) is 3.28. The summed E-state index contributed by atoms with van der Waals surface area (Å²) in [5.41, 5.74) is 2.27. The van der Waals surface area contributed by atoms with Gasteiger partial charge in [-0.3, -0.25) is 4.90 Å². The molecule has 1 aliphatic heterocycles. The van der Waals surface area contributed by atoms with E-state index >= 15 is 0 Å². The van der Waals surface area contributed by atoms with Gasteiger partial charge < -0.3 is 13.7 Å². The van der Waals surface area contributed by atoms with Crippen molar-refractivity contribution in [3.63, 3.8) is 0 Å². The number of hydrogen-bond acceptors (Lipinski definition) is 7. The van der Waals surface area contributed by atoms with Crippen molar-refractivity contribution >= 4 is 26.8 Å². The summed E-state index contributed by atoms with van der Waals surface area (Å²) < 4.78 is 44.0. The van der Waals surface area contributed by atoms with Crippen LogP contribution in [0.2, 0.25) is 0 Å². The molecule has 0 saturated heterocycles. The zero-order valence-corrected chi connectivity index (χ0v) is 14.2. The van der Waals surface area contributed by atoms with Crippen LogP contribution in [0.5, 0.6) is 5.75 Å². The predicted molar refractivity (Wildman–Crippen MR) is 82.8 cm³/mol. The van der Waals surface area contributed by atoms with Gasteiger partial charge in [0.25, 0.3) is 0 Å². The van der Waals surface area contributed by atoms with E-state index in [9.17, 15) is 13.0 Å². The lowest BCUT2D eigenvalue weighted by Gasteiger charge is -2.17. The zero-order chi connectivity index (χ0) is 17.3. The van der Waals surface area contributed by atoms with Crippen LogP contribution in [-0.4, -0.2) is 38.1 Å². The Morgan fingerprint density at radius 1 is 1.33 bits per heavy atom. The van der Waals surface area contributed by atoms with E-state index in [1.54, 1.807) is 12.3 Å². The van der Waals surface area contributed by atoms with E-state index in [4.69, 9.17) is 18.9 Å². The first-order valence-corrected chi connectivity index (χ1v) is 9.21. The van der Waals surface area contributed by atoms with Crippen LogP contribution in [0, 0.1) is 0 Å². The van der Waals surface area contributed by atoms with Gasteiger partial charge in [-0.25, -0.2) is 18.2 Å². The summed E-state index contributed by atoms with van der Waals surface area (Å²) in [6.07, 6.45) is 1.31. The SMILES string of the molecule is CCOOCc1coc2cc3c(cc12)[NH+](CCS(=O)(=O)[O-])C(C)O3. The highest BCUT2D eigenvalue weighted by molar-refractivity contribution is 7.85. The Morgan fingerprint density at radius 3 is 2.83 bits per heavy atom. The van der Waals surface area contributed by atoms with Crippen molar-refractivity contribution in [2.45, 2.75) is 26.7 Å². The molecule has 2 heterocycles. The van der Waals surface area contributed by atoms with Crippen LogP contribution < -0.4 is 9.64 Å². The van der Waals surface area contributed by atoms with Crippen LogP contribution >= 0.6 is 0 Å². The number of benzene rings is 1. The highest BCUT2D eigenvalue weighted by Gasteiger charge is 2.34. The lowest BCUT2D eigenvalue weighted by molar-refractivity contribution is -0.865. The molecule has 9 heteroatoms. The predicted octanol–water partition coefficient (Wildman–Crippen LogP) is 0.701. The lowest BCUT2D eigenvalue weighted by Crippen LogP contribution is -3.10. The molecule has 1 N–H and O–H groups in total. The van der Waals surface area contributed by atoms with Gasteiger partial charge in [-0.1, -0.05) is 0 Å². The fourth-order valence-electron chi connectivity index (χ4n) is 2.81. The minimum Gasteiger partial charge on any atom is -0.748 e. The average molecular weight is 357 g/mol. The second-order valence-corrected chi connectivity index (χ2v) is 7.09. The van der Waals surface area contributed by atoms with Gasteiger partial charge in [0.2, 0.25) is 6.23 Å². The summed E-state index contributed by atoms with van der Waals surface area (Å²) in [7, 11) is -4.27. The van der Waals surface area contributed by atoms with Crippen LogP contribution in [0.4, 0.5) is 5.69 Å². The fraction of sp³-hybridized carbons (Fsp3) is 0.467. The third kappa shape index (κ3) is 3.55. The molecule has 0 amide bonds. The third-order valence-electron chi connectivity index (χ3n) is 3.93. The number of hydrogen-bond donors (Lipinski definition) is 1. The molecule has 0 fully saturated rings. The second kappa shape index (κ2) is 6.69. The van der Waals surface area contributed by atoms with Gasteiger partial charge in [0, 0.05) is 30.0 Å². The molecular weight excluding hydrogens is 338 g/mol. The quantitative estimate of drug-likeness (QED) is 0.337. The Bertz CT molecular complexity index is 830. The summed E-state index contributed by atoms with van der Waals surface area (Å²) in [4.78, 5) is 10.8. The summed E-state index contributed by atoms with van der Waals surface area (Å²) in [5, 5.41) is 0.841. The van der Waals surface area contributed by atoms with Crippen LogP contribution in [-0.2, 0) is 26.5 Å². The normalized spacial score (nSPS) is 20.3. The molecule has 2 unspecified atom stereocenters. The van der Waals surface area contributed by atoms with E-state index in [1.165, 1.54) is 0 Å². The van der Waals surface area contributed by atoms with E-state index in [0.717, 1.165) is 21.5 Å². The molecule has 2 aromatic rings. The van der Waals surface area contributed by atoms with E-state index in [2.05, 4.69) is 0 Å². The van der Waals surface area contributed by atoms with Crippen molar-refractivity contribution in [1.82, 2.24) is 0 Å². The maximum atomic E-state index is 10.9. The number of furan rings is 1. The van der Waals surface area contributed by atoms with E-state index in [-0.39, 0.29) is 19.4 Å². The second-order valence-electron chi connectivity index (χ2n) is 5.57. The number of ether oxygens (including phenoxy) is 1. The van der Waals surface area contributed by atoms with Gasteiger partial charge in [0.15, 0.2) is 11.4 Å². The Balaban J connectivity index is 1.89. The Kier molecular flexibility index (Phi) is 4.79. The largest absolute Gasteiger partial charge is 0.748 e. The molecule has 8 nitrogen and oxygen atoms in total. The lowest BCUT2D eigenvalue weighted by atomic mass is 10.1. The molecule has 0 saturated carbocycles. The monoisotopic (exact) mass is 357 g/mol. The molecule has 0 radical (unpaired) electrons. The Hall–Kier alpha value is -1.65. The molecule has 3 rings (SSSR count). The molecule has 1 aliphatic rings. The van der Waals surface area contributed by atoms with Gasteiger partial charge in [-0.05, 0) is 6.92 Å². The highest BCUT2D eigenvalue weighted by Crippen LogP contribution is 2.34. The van der Waals surface area contributed by atoms with Crippen molar-refractivity contribution in [3.8, 4) is 5.75 Å². The smallest absolute Gasteiger partial charge is 0.234 e. The van der Waals surface area contributed by atoms with Gasteiger partial charge in [-0.15, -0.1) is 0 Å².